The average Bonchev–Trinajstić information content (AvgIpc) is 2.60. The minimum absolute atomic E-state index is 0.125. The molecular formula is C11H18F3NO3. The Hall–Kier alpha value is -0.980. The molecule has 2 atom stereocenters. The number of halogens is 3. The highest BCUT2D eigenvalue weighted by atomic mass is 19.4. The molecule has 1 rings (SSSR count). The molecule has 1 aliphatic rings. The molecule has 0 aromatic rings. The predicted molar refractivity (Wildman–Crippen MR) is 58.0 cm³/mol. The number of hydrogen-bond acceptors (Lipinski definition) is 3. The number of rotatable bonds is 1. The van der Waals surface area contributed by atoms with Crippen LogP contribution in [-0.4, -0.2) is 46.6 Å². The monoisotopic (exact) mass is 269 g/mol. The van der Waals surface area contributed by atoms with Crippen LogP contribution in [0, 0.1) is 0 Å². The molecular weight excluding hydrogens is 251 g/mol. The van der Waals surface area contributed by atoms with Gasteiger partial charge in [0.1, 0.15) is 5.60 Å². The van der Waals surface area contributed by atoms with E-state index in [-0.39, 0.29) is 13.0 Å². The number of hydrogen-bond donors (Lipinski definition) is 1. The minimum Gasteiger partial charge on any atom is -0.444 e. The summed E-state index contributed by atoms with van der Waals surface area (Å²) < 4.78 is 42.4. The van der Waals surface area contributed by atoms with Crippen LogP contribution in [0.3, 0.4) is 0 Å². The lowest BCUT2D eigenvalue weighted by atomic mass is 10.1. The fraction of sp³-hybridized carbons (Fsp3) is 0.909. The van der Waals surface area contributed by atoms with Crippen LogP contribution in [0.15, 0.2) is 0 Å². The molecule has 0 spiro atoms. The topological polar surface area (TPSA) is 49.8 Å². The number of likely N-dealkylation sites (tertiary alicyclic amines) is 1. The second-order valence-corrected chi connectivity index (χ2v) is 5.37. The lowest BCUT2D eigenvalue weighted by Crippen LogP contribution is -2.50. The second kappa shape index (κ2) is 4.95. The molecule has 1 heterocycles. The minimum atomic E-state index is -4.73. The fourth-order valence-electron chi connectivity index (χ4n) is 1.89. The smallest absolute Gasteiger partial charge is 0.416 e. The quantitative estimate of drug-likeness (QED) is 0.794. The molecule has 4 nitrogen and oxygen atoms in total. The van der Waals surface area contributed by atoms with Crippen molar-refractivity contribution in [3.63, 3.8) is 0 Å². The van der Waals surface area contributed by atoms with Gasteiger partial charge in [-0.1, -0.05) is 0 Å². The number of aliphatic hydroxyl groups excluding tert-OH is 1. The van der Waals surface area contributed by atoms with E-state index in [4.69, 9.17) is 4.74 Å². The Morgan fingerprint density at radius 3 is 2.39 bits per heavy atom. The van der Waals surface area contributed by atoms with Gasteiger partial charge in [-0.15, -0.1) is 0 Å². The molecule has 0 aromatic carbocycles. The molecule has 1 saturated heterocycles. The number of amides is 1. The number of carbonyl (C=O) groups is 1. The summed E-state index contributed by atoms with van der Waals surface area (Å²) in [6.07, 6.45) is -7.51. The highest BCUT2D eigenvalue weighted by Crippen LogP contribution is 2.31. The summed E-state index contributed by atoms with van der Waals surface area (Å²) in [5.74, 6) is 0. The van der Waals surface area contributed by atoms with E-state index in [0.717, 1.165) is 4.90 Å². The summed E-state index contributed by atoms with van der Waals surface area (Å²) >= 11 is 0. The zero-order chi connectivity index (χ0) is 14.1. The number of alkyl halides is 3. The van der Waals surface area contributed by atoms with Gasteiger partial charge in [-0.05, 0) is 33.6 Å². The fourth-order valence-corrected chi connectivity index (χ4v) is 1.89. The molecule has 0 bridgehead atoms. The first-order chi connectivity index (χ1) is 8.02. The van der Waals surface area contributed by atoms with E-state index in [2.05, 4.69) is 0 Å². The van der Waals surface area contributed by atoms with E-state index in [1.807, 2.05) is 0 Å². The molecule has 106 valence electrons. The highest BCUT2D eigenvalue weighted by molar-refractivity contribution is 5.69. The van der Waals surface area contributed by atoms with Gasteiger partial charge in [-0.25, -0.2) is 4.79 Å². The maximum absolute atomic E-state index is 12.4. The Bertz CT molecular complexity index is 312. The van der Waals surface area contributed by atoms with Gasteiger partial charge in [0.25, 0.3) is 0 Å². The molecule has 0 radical (unpaired) electrons. The van der Waals surface area contributed by atoms with Gasteiger partial charge in [-0.2, -0.15) is 13.2 Å². The lowest BCUT2D eigenvalue weighted by molar-refractivity contribution is -0.217. The molecule has 1 fully saturated rings. The van der Waals surface area contributed by atoms with Gasteiger partial charge in [0.15, 0.2) is 6.10 Å². The van der Waals surface area contributed by atoms with Crippen LogP contribution in [0.1, 0.15) is 33.6 Å². The molecule has 18 heavy (non-hydrogen) atoms. The zero-order valence-electron chi connectivity index (χ0n) is 10.6. The summed E-state index contributed by atoms with van der Waals surface area (Å²) in [6, 6.07) is -1.25. The summed E-state index contributed by atoms with van der Waals surface area (Å²) in [5, 5.41) is 9.23. The van der Waals surface area contributed by atoms with Crippen molar-refractivity contribution >= 4 is 6.09 Å². The van der Waals surface area contributed by atoms with Crippen LogP contribution in [0.4, 0.5) is 18.0 Å². The van der Waals surface area contributed by atoms with E-state index in [0.29, 0.717) is 6.42 Å². The van der Waals surface area contributed by atoms with E-state index in [1.165, 1.54) is 0 Å². The van der Waals surface area contributed by atoms with Crippen molar-refractivity contribution in [3.8, 4) is 0 Å². The van der Waals surface area contributed by atoms with Gasteiger partial charge >= 0.3 is 12.3 Å². The molecule has 1 aliphatic heterocycles. The van der Waals surface area contributed by atoms with Crippen LogP contribution in [0.2, 0.25) is 0 Å². The molecule has 2 unspecified atom stereocenters. The normalized spacial score (nSPS) is 23.1. The SMILES string of the molecule is CC(C)(C)OC(=O)N1CCCC1C(O)C(F)(F)F. The van der Waals surface area contributed by atoms with Crippen molar-refractivity contribution in [1.29, 1.82) is 0 Å². The summed E-state index contributed by atoms with van der Waals surface area (Å²) in [5.41, 5.74) is -0.770. The second-order valence-electron chi connectivity index (χ2n) is 5.37. The summed E-state index contributed by atoms with van der Waals surface area (Å²) in [6.45, 7) is 5.08. The molecule has 0 aliphatic carbocycles. The Morgan fingerprint density at radius 2 is 1.94 bits per heavy atom. The Morgan fingerprint density at radius 1 is 1.39 bits per heavy atom. The van der Waals surface area contributed by atoms with Crippen molar-refractivity contribution in [3.05, 3.63) is 0 Å². The Kier molecular flexibility index (Phi) is 4.15. The van der Waals surface area contributed by atoms with E-state index >= 15 is 0 Å². The maximum atomic E-state index is 12.4. The molecule has 0 aromatic heterocycles. The third-order valence-electron chi connectivity index (χ3n) is 2.63. The van der Waals surface area contributed by atoms with Crippen LogP contribution >= 0.6 is 0 Å². The van der Waals surface area contributed by atoms with Crippen LogP contribution in [0.25, 0.3) is 0 Å². The first kappa shape index (κ1) is 15.1. The van der Waals surface area contributed by atoms with Gasteiger partial charge < -0.3 is 14.7 Å². The van der Waals surface area contributed by atoms with E-state index in [9.17, 15) is 23.1 Å². The third-order valence-corrected chi connectivity index (χ3v) is 2.63. The Balaban J connectivity index is 2.74. The van der Waals surface area contributed by atoms with Crippen molar-refractivity contribution in [2.45, 2.75) is 57.5 Å². The highest BCUT2D eigenvalue weighted by Gasteiger charge is 2.48. The summed E-state index contributed by atoms with van der Waals surface area (Å²) in [4.78, 5) is 12.7. The van der Waals surface area contributed by atoms with Crippen LogP contribution in [-0.2, 0) is 4.74 Å². The van der Waals surface area contributed by atoms with Gasteiger partial charge in [0.2, 0.25) is 0 Å². The van der Waals surface area contributed by atoms with Crippen molar-refractivity contribution in [1.82, 2.24) is 4.90 Å². The first-order valence-corrected chi connectivity index (χ1v) is 5.77. The zero-order valence-corrected chi connectivity index (χ0v) is 10.6. The van der Waals surface area contributed by atoms with Crippen LogP contribution < -0.4 is 0 Å². The largest absolute Gasteiger partial charge is 0.444 e. The average molecular weight is 269 g/mol. The van der Waals surface area contributed by atoms with E-state index in [1.54, 1.807) is 20.8 Å². The van der Waals surface area contributed by atoms with Gasteiger partial charge in [0.05, 0.1) is 6.04 Å². The third kappa shape index (κ3) is 3.76. The standard InChI is InChI=1S/C11H18F3NO3/c1-10(2,3)18-9(17)15-6-4-5-7(15)8(16)11(12,13)14/h7-8,16H,4-6H2,1-3H3. The van der Waals surface area contributed by atoms with Gasteiger partial charge in [-0.3, -0.25) is 0 Å². The van der Waals surface area contributed by atoms with Crippen molar-refractivity contribution in [2.24, 2.45) is 0 Å². The van der Waals surface area contributed by atoms with Gasteiger partial charge in [0, 0.05) is 6.54 Å². The summed E-state index contributed by atoms with van der Waals surface area (Å²) in [7, 11) is 0. The molecule has 7 heteroatoms. The molecule has 0 saturated carbocycles. The first-order valence-electron chi connectivity index (χ1n) is 5.77. The lowest BCUT2D eigenvalue weighted by Gasteiger charge is -2.31. The van der Waals surface area contributed by atoms with Crippen LogP contribution in [0.5, 0.6) is 0 Å². The number of carbonyl (C=O) groups excluding carboxylic acids is 1. The van der Waals surface area contributed by atoms with Crippen molar-refractivity contribution in [2.75, 3.05) is 6.54 Å². The van der Waals surface area contributed by atoms with E-state index < -0.39 is 30.0 Å². The number of ether oxygens (including phenoxy) is 1. The Labute approximate surface area is 104 Å². The number of nitrogens with zero attached hydrogens (tertiary/aromatic N) is 1. The predicted octanol–water partition coefficient (Wildman–Crippen LogP) is 2.31. The molecule has 1 amide bonds. The van der Waals surface area contributed by atoms with Crippen molar-refractivity contribution < 1.29 is 27.8 Å². The maximum Gasteiger partial charge on any atom is 0.416 e. The molecule has 1 N–H and O–H groups in total. The number of aliphatic hydroxyl groups is 1.